The Bertz CT molecular complexity index is 664. The van der Waals surface area contributed by atoms with Gasteiger partial charge in [0.25, 0.3) is 0 Å². The maximum Gasteiger partial charge on any atom is 0.0778 e. The number of rotatable bonds is 16. The molecule has 0 spiro atoms. The lowest BCUT2D eigenvalue weighted by Gasteiger charge is -2.42. The average molecular weight is 425 g/mol. The minimum absolute atomic E-state index is 0.263. The largest absolute Gasteiger partial charge is 0.302 e. The zero-order chi connectivity index (χ0) is 22.3. The highest BCUT2D eigenvalue weighted by Crippen LogP contribution is 2.23. The van der Waals surface area contributed by atoms with Crippen LogP contribution in [0.5, 0.6) is 0 Å². The average Bonchev–Trinajstić information content (AvgIpc) is 2.83. The molecule has 0 bridgehead atoms. The van der Waals surface area contributed by atoms with E-state index in [-0.39, 0.29) is 6.04 Å². The highest BCUT2D eigenvalue weighted by Gasteiger charge is 2.27. The Hall–Kier alpha value is -1.72. The summed E-state index contributed by atoms with van der Waals surface area (Å²) in [6.45, 7) is 15.2. The molecule has 0 saturated carbocycles. The second kappa shape index (κ2) is 15.1. The fourth-order valence-electron chi connectivity index (χ4n) is 3.91. The van der Waals surface area contributed by atoms with E-state index in [0.717, 1.165) is 39.3 Å². The van der Waals surface area contributed by atoms with Crippen molar-refractivity contribution in [2.75, 3.05) is 32.7 Å². The quantitative estimate of drug-likeness (QED) is 0.339. The lowest BCUT2D eigenvalue weighted by atomic mass is 10.1. The molecule has 4 heteroatoms. The number of nitrogens with zero attached hydrogens (tertiary/aromatic N) is 3. The lowest BCUT2D eigenvalue weighted by molar-refractivity contribution is -0.116. The van der Waals surface area contributed by atoms with E-state index in [0.29, 0.717) is 0 Å². The molecule has 1 unspecified atom stereocenters. The van der Waals surface area contributed by atoms with Crippen molar-refractivity contribution >= 4 is 0 Å². The van der Waals surface area contributed by atoms with Gasteiger partial charge in [-0.15, -0.1) is 0 Å². The summed E-state index contributed by atoms with van der Waals surface area (Å²) in [5.74, 6) is 0. The Morgan fingerprint density at radius 2 is 1.29 bits per heavy atom. The summed E-state index contributed by atoms with van der Waals surface area (Å²) < 4.78 is 0. The van der Waals surface area contributed by atoms with Gasteiger partial charge in [-0.1, -0.05) is 101 Å². The zero-order valence-corrected chi connectivity index (χ0v) is 20.3. The molecule has 1 N–H and O–H groups in total. The molecule has 0 aliphatic heterocycles. The first kappa shape index (κ1) is 25.5. The third-order valence-corrected chi connectivity index (χ3v) is 5.94. The number of hydrogen-bond acceptors (Lipinski definition) is 4. The summed E-state index contributed by atoms with van der Waals surface area (Å²) in [6.07, 6.45) is 4.84. The van der Waals surface area contributed by atoms with Crippen molar-refractivity contribution in [2.24, 2.45) is 0 Å². The molecular weight excluding hydrogens is 380 g/mol. The molecule has 1 atom stereocenters. The molecule has 0 amide bonds. The second-order valence-corrected chi connectivity index (χ2v) is 8.24. The van der Waals surface area contributed by atoms with Gasteiger partial charge in [-0.2, -0.15) is 5.12 Å². The Balaban J connectivity index is 2.36. The molecule has 0 heterocycles. The van der Waals surface area contributed by atoms with Crippen LogP contribution in [0.1, 0.15) is 70.5 Å². The van der Waals surface area contributed by atoms with Crippen molar-refractivity contribution in [2.45, 2.75) is 66.0 Å². The number of hydrazine groups is 2. The highest BCUT2D eigenvalue weighted by molar-refractivity contribution is 5.19. The Morgan fingerprint density at radius 1 is 0.742 bits per heavy atom. The SMILES string of the molecule is CCCCN(CCCC)N(NCc1ccccc1)C(CN(CC)CC)c1ccccc1. The van der Waals surface area contributed by atoms with Gasteiger partial charge in [0.2, 0.25) is 0 Å². The van der Waals surface area contributed by atoms with Gasteiger partial charge in [-0.3, -0.25) is 0 Å². The van der Waals surface area contributed by atoms with E-state index >= 15 is 0 Å². The molecule has 172 valence electrons. The zero-order valence-electron chi connectivity index (χ0n) is 20.3. The van der Waals surface area contributed by atoms with Crippen LogP contribution in [0.15, 0.2) is 60.7 Å². The summed E-state index contributed by atoms with van der Waals surface area (Å²) in [6, 6.07) is 22.0. The van der Waals surface area contributed by atoms with Gasteiger partial charge in [0.05, 0.1) is 6.04 Å². The number of nitrogens with one attached hydrogen (secondary N) is 1. The Morgan fingerprint density at radius 3 is 1.81 bits per heavy atom. The molecule has 0 aliphatic rings. The van der Waals surface area contributed by atoms with Crippen molar-refractivity contribution in [3.63, 3.8) is 0 Å². The van der Waals surface area contributed by atoms with E-state index in [4.69, 9.17) is 0 Å². The Labute approximate surface area is 191 Å². The van der Waals surface area contributed by atoms with Crippen LogP contribution >= 0.6 is 0 Å². The minimum atomic E-state index is 0.263. The highest BCUT2D eigenvalue weighted by atomic mass is 15.8. The lowest BCUT2D eigenvalue weighted by Crippen LogP contribution is -2.55. The molecule has 2 rings (SSSR count). The predicted molar refractivity (Wildman–Crippen MR) is 133 cm³/mol. The fraction of sp³-hybridized carbons (Fsp3) is 0.556. The number of unbranched alkanes of at least 4 members (excludes halogenated alkanes) is 2. The molecule has 2 aromatic carbocycles. The summed E-state index contributed by atoms with van der Waals surface area (Å²) >= 11 is 0. The van der Waals surface area contributed by atoms with Crippen molar-refractivity contribution in [1.82, 2.24) is 20.5 Å². The number of benzene rings is 2. The fourth-order valence-corrected chi connectivity index (χ4v) is 3.91. The molecule has 4 nitrogen and oxygen atoms in total. The monoisotopic (exact) mass is 424 g/mol. The molecule has 0 fully saturated rings. The van der Waals surface area contributed by atoms with Crippen LogP contribution in [0.2, 0.25) is 0 Å². The van der Waals surface area contributed by atoms with Crippen LogP contribution in [0.25, 0.3) is 0 Å². The molecule has 0 radical (unpaired) electrons. The third-order valence-electron chi connectivity index (χ3n) is 5.94. The van der Waals surface area contributed by atoms with Crippen LogP contribution < -0.4 is 5.43 Å². The smallest absolute Gasteiger partial charge is 0.0778 e. The van der Waals surface area contributed by atoms with Gasteiger partial charge in [0, 0.05) is 26.2 Å². The van der Waals surface area contributed by atoms with Crippen LogP contribution in [0.3, 0.4) is 0 Å². The van der Waals surface area contributed by atoms with Crippen LogP contribution in [0.4, 0.5) is 0 Å². The van der Waals surface area contributed by atoms with Gasteiger partial charge in [-0.05, 0) is 37.1 Å². The van der Waals surface area contributed by atoms with Crippen molar-refractivity contribution in [3.8, 4) is 0 Å². The summed E-state index contributed by atoms with van der Waals surface area (Å²) in [5, 5.41) is 5.03. The molecule has 0 aromatic heterocycles. The van der Waals surface area contributed by atoms with Gasteiger partial charge in [0.15, 0.2) is 0 Å². The normalized spacial score (nSPS) is 12.7. The van der Waals surface area contributed by atoms with Gasteiger partial charge in [-0.25, -0.2) is 10.4 Å². The molecule has 0 saturated heterocycles. The maximum atomic E-state index is 3.84. The summed E-state index contributed by atoms with van der Waals surface area (Å²) in [7, 11) is 0. The van der Waals surface area contributed by atoms with Gasteiger partial charge in [0.1, 0.15) is 0 Å². The van der Waals surface area contributed by atoms with E-state index < -0.39 is 0 Å². The maximum absolute atomic E-state index is 3.84. The first-order valence-electron chi connectivity index (χ1n) is 12.3. The summed E-state index contributed by atoms with van der Waals surface area (Å²) in [4.78, 5) is 2.53. The van der Waals surface area contributed by atoms with E-state index in [2.05, 4.69) is 109 Å². The van der Waals surface area contributed by atoms with Crippen LogP contribution in [-0.4, -0.2) is 47.8 Å². The van der Waals surface area contributed by atoms with Gasteiger partial charge >= 0.3 is 0 Å². The van der Waals surface area contributed by atoms with Crippen LogP contribution in [-0.2, 0) is 6.54 Å². The van der Waals surface area contributed by atoms with Crippen LogP contribution in [0, 0.1) is 0 Å². The molecule has 2 aromatic rings. The molecule has 31 heavy (non-hydrogen) atoms. The molecular formula is C27H44N4. The van der Waals surface area contributed by atoms with Crippen molar-refractivity contribution in [3.05, 3.63) is 71.8 Å². The first-order chi connectivity index (χ1) is 15.2. The topological polar surface area (TPSA) is 21.8 Å². The van der Waals surface area contributed by atoms with E-state index in [1.807, 2.05) is 0 Å². The van der Waals surface area contributed by atoms with Crippen molar-refractivity contribution < 1.29 is 0 Å². The minimum Gasteiger partial charge on any atom is -0.302 e. The van der Waals surface area contributed by atoms with E-state index in [1.165, 1.54) is 36.8 Å². The second-order valence-electron chi connectivity index (χ2n) is 8.24. The number of likely N-dealkylation sites (N-methyl/N-ethyl adjacent to an activating group) is 1. The third kappa shape index (κ3) is 8.74. The van der Waals surface area contributed by atoms with Crippen molar-refractivity contribution in [1.29, 1.82) is 0 Å². The Kier molecular flexibility index (Phi) is 12.5. The molecule has 0 aliphatic carbocycles. The standard InChI is InChI=1S/C27H44N4/c1-5-9-21-30(22-10-6-2)31(28-23-25-17-13-11-14-18-25)27(24-29(7-3)8-4)26-19-15-12-16-20-26/h11-20,27-28H,5-10,21-24H2,1-4H3. The summed E-state index contributed by atoms with van der Waals surface area (Å²) in [5.41, 5.74) is 6.52. The van der Waals surface area contributed by atoms with Gasteiger partial charge < -0.3 is 4.90 Å². The predicted octanol–water partition coefficient (Wildman–Crippen LogP) is 5.89. The first-order valence-corrected chi connectivity index (χ1v) is 12.3. The number of hydrogen-bond donors (Lipinski definition) is 1. The van der Waals surface area contributed by atoms with E-state index in [1.54, 1.807) is 0 Å². The van der Waals surface area contributed by atoms with E-state index in [9.17, 15) is 0 Å².